The van der Waals surface area contributed by atoms with Gasteiger partial charge in [0.05, 0.1) is 34.4 Å². The van der Waals surface area contributed by atoms with Crippen molar-refractivity contribution in [2.45, 2.75) is 127 Å². The highest BCUT2D eigenvalue weighted by Crippen LogP contribution is 2.45. The third-order valence-corrected chi connectivity index (χ3v) is 14.2. The maximum Gasteiger partial charge on any atom is 0.408 e. The summed E-state index contributed by atoms with van der Waals surface area (Å²) in [5.74, 6) is -0.678. The van der Waals surface area contributed by atoms with Crippen molar-refractivity contribution in [1.82, 2.24) is 35.5 Å². The zero-order chi connectivity index (χ0) is 44.4. The van der Waals surface area contributed by atoms with Crippen LogP contribution in [0.5, 0.6) is 0 Å². The number of aromatic nitrogens is 2. The van der Waals surface area contributed by atoms with Crippen LogP contribution in [-0.2, 0) is 25.5 Å². The molecule has 15 heteroatoms. The third-order valence-electron chi connectivity index (χ3n) is 14.2. The minimum atomic E-state index is -0.653. The summed E-state index contributed by atoms with van der Waals surface area (Å²) in [5.41, 5.74) is -0.300. The SMILES string of the molecule is CC(C)(C)OC(=O)N[C@@H](C(=O)NC12CCC(CN3CCC(CC(=O)N4CCN(C(=O)c5cc(Cc6n[nH]c(=O)c7ccccc67)ccc5F)CC4)CC3)(CC1)OC2)C1CCCCC1. The Kier molecular flexibility index (Phi) is 13.3. The minimum absolute atomic E-state index is 0.0158. The molecule has 1 aromatic heterocycles. The lowest BCUT2D eigenvalue weighted by atomic mass is 9.70. The van der Waals surface area contributed by atoms with Gasteiger partial charge in [-0.1, -0.05) is 43.5 Å². The first-order valence-electron chi connectivity index (χ1n) is 23.2. The quantitative estimate of drug-likeness (QED) is 0.219. The molecule has 3 N–H and O–H groups in total. The summed E-state index contributed by atoms with van der Waals surface area (Å²) < 4.78 is 27.2. The number of piperidine rings is 1. The van der Waals surface area contributed by atoms with Crippen molar-refractivity contribution in [3.63, 3.8) is 0 Å². The standard InChI is InChI=1S/C48H64FN7O7/c1-46(2,3)63-45(61)50-41(34-9-5-4-6-10-34)43(59)51-47-17-19-48(20-18-47,62-31-47)30-54-21-15-32(16-22-54)29-40(57)55-23-25-56(26-24-55)44(60)37-27-33(13-14-38(37)49)28-39-35-11-7-8-12-36(35)42(58)53-52-39/h7-8,11-14,27,32,34,41H,4-6,9-10,15-26,28-31H2,1-3H3,(H,50,61)(H,51,59)(H,53,58)/t41-,47?,48?/m1/s1. The highest BCUT2D eigenvalue weighted by atomic mass is 19.1. The first kappa shape index (κ1) is 44.7. The molecule has 2 saturated carbocycles. The molecule has 5 heterocycles. The van der Waals surface area contributed by atoms with Gasteiger partial charge >= 0.3 is 6.09 Å². The second-order valence-corrected chi connectivity index (χ2v) is 19.9. The van der Waals surface area contributed by atoms with Crippen LogP contribution in [-0.4, -0.2) is 124 Å². The molecule has 3 aromatic rings. The van der Waals surface area contributed by atoms with Crippen LogP contribution in [0.1, 0.15) is 119 Å². The second-order valence-electron chi connectivity index (χ2n) is 19.9. The summed E-state index contributed by atoms with van der Waals surface area (Å²) in [5, 5.41) is 14.3. The van der Waals surface area contributed by atoms with Crippen molar-refractivity contribution >= 4 is 34.6 Å². The van der Waals surface area contributed by atoms with E-state index in [4.69, 9.17) is 9.47 Å². The minimum Gasteiger partial charge on any atom is -0.444 e. The Morgan fingerprint density at radius 3 is 2.25 bits per heavy atom. The molecule has 4 aliphatic heterocycles. The number of piperazine rings is 1. The van der Waals surface area contributed by atoms with Crippen LogP contribution in [0, 0.1) is 17.7 Å². The molecule has 4 saturated heterocycles. The molecule has 0 spiro atoms. The zero-order valence-electron chi connectivity index (χ0n) is 37.1. The summed E-state index contributed by atoms with van der Waals surface area (Å²) in [6.45, 7) is 10.0. The number of nitrogens with one attached hydrogen (secondary N) is 3. The molecule has 0 radical (unpaired) electrons. The number of ether oxygens (including phenoxy) is 2. The number of hydrogen-bond donors (Lipinski definition) is 3. The van der Waals surface area contributed by atoms with Gasteiger partial charge in [-0.2, -0.15) is 5.10 Å². The van der Waals surface area contributed by atoms with E-state index in [0.29, 0.717) is 67.7 Å². The van der Waals surface area contributed by atoms with Crippen LogP contribution in [0.15, 0.2) is 47.3 Å². The van der Waals surface area contributed by atoms with Gasteiger partial charge in [-0.05, 0) is 121 Å². The third kappa shape index (κ3) is 10.6. The lowest BCUT2D eigenvalue weighted by Gasteiger charge is -2.55. The van der Waals surface area contributed by atoms with E-state index in [9.17, 15) is 24.0 Å². The first-order valence-corrected chi connectivity index (χ1v) is 23.2. The molecular formula is C48H64FN7O7. The number of halogens is 1. The predicted molar refractivity (Wildman–Crippen MR) is 236 cm³/mol. The number of nitrogens with zero attached hydrogens (tertiary/aromatic N) is 4. The van der Waals surface area contributed by atoms with E-state index in [1.807, 2.05) is 37.8 Å². The van der Waals surface area contributed by atoms with Crippen LogP contribution in [0.3, 0.4) is 0 Å². The molecule has 6 fully saturated rings. The average molecular weight is 870 g/mol. The first-order chi connectivity index (χ1) is 30.2. The van der Waals surface area contributed by atoms with Crippen LogP contribution in [0.2, 0.25) is 0 Å². The molecule has 14 nitrogen and oxygen atoms in total. The van der Waals surface area contributed by atoms with Crippen LogP contribution >= 0.6 is 0 Å². The lowest BCUT2D eigenvalue weighted by molar-refractivity contribution is -0.176. The molecular weight excluding hydrogens is 806 g/mol. The largest absolute Gasteiger partial charge is 0.444 e. The monoisotopic (exact) mass is 869 g/mol. The predicted octanol–water partition coefficient (Wildman–Crippen LogP) is 5.71. The van der Waals surface area contributed by atoms with Gasteiger partial charge in [0.2, 0.25) is 11.8 Å². The van der Waals surface area contributed by atoms with Crippen molar-refractivity contribution < 1.29 is 33.0 Å². The van der Waals surface area contributed by atoms with E-state index in [-0.39, 0.29) is 40.4 Å². The molecule has 2 aromatic carbocycles. The molecule has 1 atom stereocenters. The maximum atomic E-state index is 15.1. The fourth-order valence-corrected chi connectivity index (χ4v) is 10.6. The Morgan fingerprint density at radius 2 is 1.59 bits per heavy atom. The van der Waals surface area contributed by atoms with Crippen LogP contribution in [0.25, 0.3) is 10.8 Å². The van der Waals surface area contributed by atoms with E-state index in [1.54, 1.807) is 29.2 Å². The van der Waals surface area contributed by atoms with Gasteiger partial charge in [-0.15, -0.1) is 0 Å². The summed E-state index contributed by atoms with van der Waals surface area (Å²) in [6.07, 6.45) is 10.5. The van der Waals surface area contributed by atoms with E-state index < -0.39 is 35.0 Å². The summed E-state index contributed by atoms with van der Waals surface area (Å²) in [4.78, 5) is 71.9. The summed E-state index contributed by atoms with van der Waals surface area (Å²) in [7, 11) is 0. The van der Waals surface area contributed by atoms with Crippen molar-refractivity contribution in [2.24, 2.45) is 11.8 Å². The number of fused-ring (bicyclic) bond motifs is 4. The van der Waals surface area contributed by atoms with Gasteiger partial charge in [0.25, 0.3) is 11.5 Å². The fourth-order valence-electron chi connectivity index (χ4n) is 10.6. The molecule has 4 amide bonds. The number of hydrogen-bond acceptors (Lipinski definition) is 9. The Labute approximate surface area is 369 Å². The van der Waals surface area contributed by atoms with Crippen LogP contribution in [0.4, 0.5) is 9.18 Å². The zero-order valence-corrected chi connectivity index (χ0v) is 37.1. The van der Waals surface area contributed by atoms with Gasteiger partial charge in [0.15, 0.2) is 0 Å². The second kappa shape index (κ2) is 18.7. The van der Waals surface area contributed by atoms with Crippen molar-refractivity contribution in [3.8, 4) is 0 Å². The number of alkyl carbamates (subject to hydrolysis) is 1. The van der Waals surface area contributed by atoms with Crippen molar-refractivity contribution in [2.75, 3.05) is 52.4 Å². The highest BCUT2D eigenvalue weighted by molar-refractivity contribution is 5.95. The van der Waals surface area contributed by atoms with Gasteiger partial charge < -0.3 is 34.8 Å². The molecule has 6 aliphatic rings. The number of benzene rings is 2. The van der Waals surface area contributed by atoms with E-state index in [0.717, 1.165) is 90.3 Å². The average Bonchev–Trinajstić information content (AvgIpc) is 3.28. The normalized spacial score (nSPS) is 24.3. The molecule has 2 bridgehead atoms. The number of H-pyrrole nitrogens is 1. The van der Waals surface area contributed by atoms with Crippen molar-refractivity contribution in [1.29, 1.82) is 0 Å². The van der Waals surface area contributed by atoms with Gasteiger partial charge in [-0.25, -0.2) is 14.3 Å². The number of likely N-dealkylation sites (tertiary alicyclic amines) is 1. The topological polar surface area (TPSA) is 166 Å². The van der Waals surface area contributed by atoms with Gasteiger partial charge in [0.1, 0.15) is 17.5 Å². The molecule has 0 unspecified atom stereocenters. The number of carbonyl (C=O) groups is 4. The lowest BCUT2D eigenvalue weighted by Crippen LogP contribution is -2.67. The Hall–Kier alpha value is -4.89. The van der Waals surface area contributed by atoms with Gasteiger partial charge in [-0.3, -0.25) is 19.2 Å². The highest BCUT2D eigenvalue weighted by Gasteiger charge is 2.52. The molecule has 2 aliphatic carbocycles. The number of amides is 4. The van der Waals surface area contributed by atoms with Crippen LogP contribution < -0.4 is 16.2 Å². The summed E-state index contributed by atoms with van der Waals surface area (Å²) >= 11 is 0. The fraction of sp³-hybridized carbons (Fsp3) is 0.625. The number of aromatic amines is 1. The molecule has 340 valence electrons. The smallest absolute Gasteiger partial charge is 0.408 e. The summed E-state index contributed by atoms with van der Waals surface area (Å²) in [6, 6.07) is 11.0. The maximum absolute atomic E-state index is 15.1. The Bertz CT molecular complexity index is 2200. The Balaban J connectivity index is 0.771. The molecule has 9 rings (SSSR count). The number of carbonyl (C=O) groups excluding carboxylic acids is 4. The van der Waals surface area contributed by atoms with E-state index in [1.165, 1.54) is 6.07 Å². The van der Waals surface area contributed by atoms with Gasteiger partial charge in [0, 0.05) is 51.0 Å². The van der Waals surface area contributed by atoms with E-state index >= 15 is 4.39 Å². The van der Waals surface area contributed by atoms with Crippen molar-refractivity contribution in [3.05, 3.63) is 75.5 Å². The number of rotatable bonds is 11. The van der Waals surface area contributed by atoms with E-state index in [2.05, 4.69) is 25.7 Å². The molecule has 63 heavy (non-hydrogen) atoms. The Morgan fingerprint density at radius 1 is 0.905 bits per heavy atom.